The first-order valence-corrected chi connectivity index (χ1v) is 12.5. The van der Waals surface area contributed by atoms with Gasteiger partial charge in [0.1, 0.15) is 5.75 Å². The molecule has 2 N–H and O–H groups in total. The van der Waals surface area contributed by atoms with Gasteiger partial charge in [-0.1, -0.05) is 23.7 Å². The predicted octanol–water partition coefficient (Wildman–Crippen LogP) is 6.03. The van der Waals surface area contributed by atoms with Crippen LogP contribution in [0.15, 0.2) is 72.9 Å². The monoisotopic (exact) mass is 532 g/mol. The highest BCUT2D eigenvalue weighted by molar-refractivity contribution is 7.80. The third kappa shape index (κ3) is 4.43. The summed E-state index contributed by atoms with van der Waals surface area (Å²) in [4.78, 5) is 18.3. The number of thiocarbonyl (C=S) groups is 1. The van der Waals surface area contributed by atoms with Crippen molar-refractivity contribution in [2.75, 3.05) is 12.0 Å². The van der Waals surface area contributed by atoms with Crippen molar-refractivity contribution in [3.8, 4) is 11.4 Å². The van der Waals surface area contributed by atoms with Crippen LogP contribution in [-0.2, 0) is 0 Å². The molecule has 0 saturated carbocycles. The zero-order chi connectivity index (χ0) is 26.3. The summed E-state index contributed by atoms with van der Waals surface area (Å²) in [6.07, 6.45) is 1.77. The maximum atomic E-state index is 11.6. The van der Waals surface area contributed by atoms with Crippen molar-refractivity contribution < 1.29 is 14.6 Å². The smallest absolute Gasteiger partial charge is 0.335 e. The summed E-state index contributed by atoms with van der Waals surface area (Å²) in [7, 11) is 1.58. The second-order valence-corrected chi connectivity index (χ2v) is 9.63. The number of methoxy groups -OCH3 is 1. The van der Waals surface area contributed by atoms with Gasteiger partial charge in [0.15, 0.2) is 5.11 Å². The number of carboxylic acids is 1. The van der Waals surface area contributed by atoms with Crippen molar-refractivity contribution in [1.82, 2.24) is 14.9 Å². The van der Waals surface area contributed by atoms with E-state index < -0.39 is 5.97 Å². The highest BCUT2D eigenvalue weighted by atomic mass is 35.5. The lowest BCUT2D eigenvalue weighted by atomic mass is 9.96. The molecule has 188 valence electrons. The number of halogens is 1. The molecule has 0 spiro atoms. The molecule has 0 aliphatic carbocycles. The minimum absolute atomic E-state index is 0.228. The van der Waals surface area contributed by atoms with Crippen LogP contribution in [0.4, 0.5) is 5.69 Å². The third-order valence-electron chi connectivity index (χ3n) is 6.65. The molecule has 7 nitrogen and oxygen atoms in total. The van der Waals surface area contributed by atoms with Crippen LogP contribution in [0.5, 0.6) is 5.75 Å². The van der Waals surface area contributed by atoms with Gasteiger partial charge in [0.25, 0.3) is 0 Å². The maximum absolute atomic E-state index is 11.6. The lowest BCUT2D eigenvalue weighted by molar-refractivity contribution is 0.0697. The summed E-state index contributed by atoms with van der Waals surface area (Å²) in [6, 6.07) is 20.0. The van der Waals surface area contributed by atoms with E-state index in [-0.39, 0.29) is 17.6 Å². The third-order valence-corrected chi connectivity index (χ3v) is 7.26. The molecule has 0 amide bonds. The molecule has 2 atom stereocenters. The van der Waals surface area contributed by atoms with E-state index in [9.17, 15) is 9.90 Å². The highest BCUT2D eigenvalue weighted by Crippen LogP contribution is 2.45. The molecule has 4 aromatic rings. The van der Waals surface area contributed by atoms with E-state index in [1.54, 1.807) is 31.5 Å². The van der Waals surface area contributed by atoms with Gasteiger partial charge in [0, 0.05) is 29.0 Å². The topological polar surface area (TPSA) is 79.6 Å². The largest absolute Gasteiger partial charge is 0.495 e. The summed E-state index contributed by atoms with van der Waals surface area (Å²) < 4.78 is 7.42. The molecule has 9 heteroatoms. The van der Waals surface area contributed by atoms with Crippen molar-refractivity contribution in [2.24, 2.45) is 0 Å². The predicted molar refractivity (Wildman–Crippen MR) is 148 cm³/mol. The SMILES string of the molecule is COc1ccc(N2C(=S)N[C@@H](c3ccccn3)[C@H]2c2cc(C)n(-c3cccc(C(=O)O)c3)c2C)cc1Cl. The fourth-order valence-electron chi connectivity index (χ4n) is 5.02. The number of anilines is 1. The van der Waals surface area contributed by atoms with E-state index in [0.717, 1.165) is 34.0 Å². The Balaban J connectivity index is 1.68. The molecule has 0 bridgehead atoms. The zero-order valence-electron chi connectivity index (χ0n) is 20.5. The van der Waals surface area contributed by atoms with E-state index in [4.69, 9.17) is 28.6 Å². The number of pyridine rings is 1. The molecule has 0 unspecified atom stereocenters. The van der Waals surface area contributed by atoms with Crippen molar-refractivity contribution in [2.45, 2.75) is 25.9 Å². The number of benzene rings is 2. The Kier molecular flexibility index (Phi) is 6.62. The van der Waals surface area contributed by atoms with E-state index in [0.29, 0.717) is 15.9 Å². The molecule has 3 heterocycles. The Morgan fingerprint density at radius 2 is 1.89 bits per heavy atom. The molecule has 2 aromatic carbocycles. The molecule has 2 aromatic heterocycles. The minimum Gasteiger partial charge on any atom is -0.495 e. The summed E-state index contributed by atoms with van der Waals surface area (Å²) in [5.41, 5.74) is 5.67. The molecule has 5 rings (SSSR count). The summed E-state index contributed by atoms with van der Waals surface area (Å²) in [5.74, 6) is -0.384. The highest BCUT2D eigenvalue weighted by Gasteiger charge is 2.42. The maximum Gasteiger partial charge on any atom is 0.335 e. The van der Waals surface area contributed by atoms with Crippen LogP contribution in [0.25, 0.3) is 5.69 Å². The Labute approximate surface area is 225 Å². The van der Waals surface area contributed by atoms with Crippen molar-refractivity contribution in [1.29, 1.82) is 0 Å². The average Bonchev–Trinajstić information content (AvgIpc) is 3.39. The quantitative estimate of drug-likeness (QED) is 0.294. The van der Waals surface area contributed by atoms with Crippen molar-refractivity contribution in [3.63, 3.8) is 0 Å². The molecule has 1 aliphatic heterocycles. The van der Waals surface area contributed by atoms with Gasteiger partial charge in [-0.2, -0.15) is 0 Å². The van der Waals surface area contributed by atoms with Gasteiger partial charge >= 0.3 is 5.97 Å². The molecule has 1 saturated heterocycles. The number of aromatic carboxylic acids is 1. The molecular formula is C28H25ClN4O3S. The van der Waals surface area contributed by atoms with Crippen molar-refractivity contribution in [3.05, 3.63) is 106 Å². The Bertz CT molecular complexity index is 1500. The second kappa shape index (κ2) is 9.88. The summed E-state index contributed by atoms with van der Waals surface area (Å²) in [5, 5.41) is 14.0. The number of carbonyl (C=O) groups is 1. The fourth-order valence-corrected chi connectivity index (χ4v) is 5.61. The summed E-state index contributed by atoms with van der Waals surface area (Å²) >= 11 is 12.3. The molecule has 1 aliphatic rings. The van der Waals surface area contributed by atoms with Crippen LogP contribution in [0, 0.1) is 13.8 Å². The van der Waals surface area contributed by atoms with E-state index >= 15 is 0 Å². The van der Waals surface area contributed by atoms with Gasteiger partial charge in [-0.3, -0.25) is 4.98 Å². The molecule has 0 radical (unpaired) electrons. The normalized spacial score (nSPS) is 17.1. The van der Waals surface area contributed by atoms with Gasteiger partial charge in [0.2, 0.25) is 0 Å². The van der Waals surface area contributed by atoms with Crippen LogP contribution >= 0.6 is 23.8 Å². The van der Waals surface area contributed by atoms with Gasteiger partial charge in [-0.25, -0.2) is 4.79 Å². The molecular weight excluding hydrogens is 508 g/mol. The van der Waals surface area contributed by atoms with Crippen LogP contribution in [0.1, 0.15) is 45.1 Å². The number of ether oxygens (including phenoxy) is 1. The number of hydrogen-bond acceptors (Lipinski definition) is 4. The lowest BCUT2D eigenvalue weighted by Crippen LogP contribution is -2.29. The number of aromatic nitrogens is 2. The Morgan fingerprint density at radius 1 is 1.08 bits per heavy atom. The lowest BCUT2D eigenvalue weighted by Gasteiger charge is -2.28. The first-order valence-electron chi connectivity index (χ1n) is 11.7. The summed E-state index contributed by atoms with van der Waals surface area (Å²) in [6.45, 7) is 4.04. The van der Waals surface area contributed by atoms with Gasteiger partial charge in [0.05, 0.1) is 35.5 Å². The Morgan fingerprint density at radius 3 is 2.57 bits per heavy atom. The second-order valence-electron chi connectivity index (χ2n) is 8.83. The van der Waals surface area contributed by atoms with Crippen LogP contribution in [0.2, 0.25) is 5.02 Å². The number of hydrogen-bond donors (Lipinski definition) is 2. The minimum atomic E-state index is -0.965. The standard InChI is InChI=1S/C28H25ClN4O3S/c1-16-13-21(17(2)32(16)19-8-6-7-18(14-19)27(34)35)26-25(23-9-4-5-12-30-23)31-28(37)33(26)20-10-11-24(36-3)22(29)15-20/h4-15,25-26H,1-3H3,(H,31,37)(H,34,35)/t25-,26+/m0/s1. The van der Waals surface area contributed by atoms with E-state index in [2.05, 4.69) is 25.8 Å². The van der Waals surface area contributed by atoms with Crippen LogP contribution < -0.4 is 15.0 Å². The van der Waals surface area contributed by atoms with Gasteiger partial charge < -0.3 is 24.6 Å². The average molecular weight is 533 g/mol. The van der Waals surface area contributed by atoms with Crippen molar-refractivity contribution >= 4 is 40.6 Å². The number of nitrogens with one attached hydrogen (secondary N) is 1. The first kappa shape index (κ1) is 24.8. The first-order chi connectivity index (χ1) is 17.8. The zero-order valence-corrected chi connectivity index (χ0v) is 22.0. The number of nitrogens with zero attached hydrogens (tertiary/aromatic N) is 3. The number of carboxylic acid groups (broad SMARTS) is 1. The molecule has 37 heavy (non-hydrogen) atoms. The van der Waals surface area contributed by atoms with E-state index in [1.807, 2.05) is 56.3 Å². The van der Waals surface area contributed by atoms with Crippen LogP contribution in [-0.4, -0.2) is 32.8 Å². The van der Waals surface area contributed by atoms with Crippen LogP contribution in [0.3, 0.4) is 0 Å². The Hall–Kier alpha value is -3.88. The van der Waals surface area contributed by atoms with Gasteiger partial charge in [-0.15, -0.1) is 0 Å². The number of rotatable bonds is 6. The van der Waals surface area contributed by atoms with E-state index in [1.165, 1.54) is 0 Å². The number of aryl methyl sites for hydroxylation is 1. The van der Waals surface area contributed by atoms with Gasteiger partial charge in [-0.05, 0) is 86.2 Å². The molecule has 1 fully saturated rings. The fraction of sp³-hybridized carbons (Fsp3) is 0.179.